The second-order valence-corrected chi connectivity index (χ2v) is 5.26. The van der Waals surface area contributed by atoms with E-state index >= 15 is 0 Å². The summed E-state index contributed by atoms with van der Waals surface area (Å²) in [4.78, 5) is 19.7. The first-order valence-electron chi connectivity index (χ1n) is 7.23. The lowest BCUT2D eigenvalue weighted by molar-refractivity contribution is 0.0683. The smallest absolute Gasteiger partial charge is 0.375 e. The SMILES string of the molecule is O=C(O)c1nc2n(n1)-c1ccc(F)cc1C(c1ccccc1)=NC2. The van der Waals surface area contributed by atoms with Crippen molar-refractivity contribution in [2.75, 3.05) is 0 Å². The molecule has 118 valence electrons. The summed E-state index contributed by atoms with van der Waals surface area (Å²) >= 11 is 0. The number of benzene rings is 2. The number of aliphatic imine (C=N–C) groups is 1. The van der Waals surface area contributed by atoms with Gasteiger partial charge in [-0.1, -0.05) is 30.3 Å². The molecule has 6 nitrogen and oxygen atoms in total. The highest BCUT2D eigenvalue weighted by Crippen LogP contribution is 2.25. The minimum absolute atomic E-state index is 0.154. The van der Waals surface area contributed by atoms with Crippen LogP contribution >= 0.6 is 0 Å². The lowest BCUT2D eigenvalue weighted by Crippen LogP contribution is -2.09. The molecule has 0 saturated heterocycles. The Balaban J connectivity index is 1.96. The highest BCUT2D eigenvalue weighted by molar-refractivity contribution is 6.15. The summed E-state index contributed by atoms with van der Waals surface area (Å²) in [5, 5.41) is 13.1. The first-order valence-corrected chi connectivity index (χ1v) is 7.23. The van der Waals surface area contributed by atoms with E-state index in [9.17, 15) is 9.18 Å². The molecule has 3 aromatic rings. The molecule has 4 rings (SSSR count). The quantitative estimate of drug-likeness (QED) is 0.786. The first kappa shape index (κ1) is 14.3. The number of rotatable bonds is 2. The number of hydrogen-bond donors (Lipinski definition) is 1. The van der Waals surface area contributed by atoms with E-state index in [4.69, 9.17) is 5.11 Å². The van der Waals surface area contributed by atoms with Crippen molar-refractivity contribution in [1.82, 2.24) is 14.8 Å². The topological polar surface area (TPSA) is 80.4 Å². The number of aromatic nitrogens is 3. The van der Waals surface area contributed by atoms with Crippen LogP contribution in [0.1, 0.15) is 27.6 Å². The van der Waals surface area contributed by atoms with Gasteiger partial charge in [-0.25, -0.2) is 18.9 Å². The molecule has 0 amide bonds. The number of halogens is 1. The van der Waals surface area contributed by atoms with Gasteiger partial charge in [0, 0.05) is 11.1 Å². The fourth-order valence-electron chi connectivity index (χ4n) is 2.69. The molecule has 0 saturated carbocycles. The van der Waals surface area contributed by atoms with Crippen LogP contribution in [0.4, 0.5) is 4.39 Å². The summed E-state index contributed by atoms with van der Waals surface area (Å²) in [5.74, 6) is -1.53. The molecule has 1 aliphatic rings. The van der Waals surface area contributed by atoms with Gasteiger partial charge >= 0.3 is 5.97 Å². The predicted molar refractivity (Wildman–Crippen MR) is 84.1 cm³/mol. The number of carboxylic acids is 1. The maximum absolute atomic E-state index is 13.8. The average molecular weight is 322 g/mol. The van der Waals surface area contributed by atoms with Crippen LogP contribution in [0.5, 0.6) is 0 Å². The molecule has 24 heavy (non-hydrogen) atoms. The van der Waals surface area contributed by atoms with Gasteiger partial charge < -0.3 is 5.11 Å². The van der Waals surface area contributed by atoms with Crippen molar-refractivity contribution in [3.63, 3.8) is 0 Å². The lowest BCUT2D eigenvalue weighted by Gasteiger charge is -2.10. The summed E-state index contributed by atoms with van der Waals surface area (Å²) in [6.45, 7) is 0.154. The Labute approximate surface area is 135 Å². The van der Waals surface area contributed by atoms with E-state index in [0.717, 1.165) is 5.56 Å². The molecule has 2 heterocycles. The summed E-state index contributed by atoms with van der Waals surface area (Å²) < 4.78 is 15.2. The van der Waals surface area contributed by atoms with E-state index in [1.54, 1.807) is 6.07 Å². The molecule has 7 heteroatoms. The third-order valence-electron chi connectivity index (χ3n) is 3.73. The predicted octanol–water partition coefficient (Wildman–Crippen LogP) is 2.46. The van der Waals surface area contributed by atoms with Crippen LogP contribution in [0.15, 0.2) is 53.5 Å². The van der Waals surface area contributed by atoms with Crippen LogP contribution in [0, 0.1) is 5.82 Å². The maximum atomic E-state index is 13.8. The zero-order valence-corrected chi connectivity index (χ0v) is 12.3. The Bertz CT molecular complexity index is 980. The van der Waals surface area contributed by atoms with Crippen molar-refractivity contribution in [1.29, 1.82) is 0 Å². The Hall–Kier alpha value is -3.35. The minimum Gasteiger partial charge on any atom is -0.475 e. The highest BCUT2D eigenvalue weighted by Gasteiger charge is 2.23. The van der Waals surface area contributed by atoms with Gasteiger partial charge in [0.2, 0.25) is 0 Å². The van der Waals surface area contributed by atoms with E-state index in [2.05, 4.69) is 15.1 Å². The molecule has 0 fully saturated rings. The van der Waals surface area contributed by atoms with Crippen LogP contribution in [-0.2, 0) is 6.54 Å². The summed E-state index contributed by atoms with van der Waals surface area (Å²) in [5.41, 5.74) is 2.55. The highest BCUT2D eigenvalue weighted by atomic mass is 19.1. The summed E-state index contributed by atoms with van der Waals surface area (Å²) in [6.07, 6.45) is 0. The van der Waals surface area contributed by atoms with Gasteiger partial charge in [0.15, 0.2) is 5.82 Å². The molecule has 0 bridgehead atoms. The van der Waals surface area contributed by atoms with Crippen molar-refractivity contribution in [3.05, 3.63) is 77.1 Å². The van der Waals surface area contributed by atoms with Crippen molar-refractivity contribution >= 4 is 11.7 Å². The second-order valence-electron chi connectivity index (χ2n) is 5.26. The zero-order valence-electron chi connectivity index (χ0n) is 12.3. The Kier molecular flexibility index (Phi) is 3.19. The molecule has 2 aromatic carbocycles. The molecule has 1 N–H and O–H groups in total. The Morgan fingerprint density at radius 3 is 2.71 bits per heavy atom. The molecule has 0 aliphatic carbocycles. The maximum Gasteiger partial charge on any atom is 0.375 e. The van der Waals surface area contributed by atoms with E-state index in [-0.39, 0.29) is 12.4 Å². The van der Waals surface area contributed by atoms with Gasteiger partial charge in [-0.05, 0) is 18.2 Å². The summed E-state index contributed by atoms with van der Waals surface area (Å²) in [7, 11) is 0. The number of hydrogen-bond acceptors (Lipinski definition) is 4. The number of carboxylic acid groups (broad SMARTS) is 1. The number of carbonyl (C=O) groups is 1. The molecule has 0 atom stereocenters. The Morgan fingerprint density at radius 2 is 1.96 bits per heavy atom. The fourth-order valence-corrected chi connectivity index (χ4v) is 2.69. The molecular formula is C17H11FN4O2. The monoisotopic (exact) mass is 322 g/mol. The molecule has 1 aromatic heterocycles. The van der Waals surface area contributed by atoms with Gasteiger partial charge in [0.25, 0.3) is 5.82 Å². The summed E-state index contributed by atoms with van der Waals surface area (Å²) in [6, 6.07) is 13.6. The number of fused-ring (bicyclic) bond motifs is 3. The van der Waals surface area contributed by atoms with Gasteiger partial charge in [-0.15, -0.1) is 5.10 Å². The van der Waals surface area contributed by atoms with Crippen molar-refractivity contribution in [2.45, 2.75) is 6.54 Å². The average Bonchev–Trinajstić information content (AvgIpc) is 2.95. The standard InChI is InChI=1S/C17H11FN4O2/c18-11-6-7-13-12(8-11)15(10-4-2-1-3-5-10)19-9-14-20-16(17(23)24)21-22(13)14/h1-8H,9H2,(H,23,24). The van der Waals surface area contributed by atoms with Crippen molar-refractivity contribution in [2.24, 2.45) is 4.99 Å². The number of nitrogens with zero attached hydrogens (tertiary/aromatic N) is 4. The zero-order chi connectivity index (χ0) is 16.7. The Morgan fingerprint density at radius 1 is 1.17 bits per heavy atom. The second kappa shape index (κ2) is 5.38. The van der Waals surface area contributed by atoms with Crippen molar-refractivity contribution < 1.29 is 14.3 Å². The van der Waals surface area contributed by atoms with Gasteiger partial charge in [0.05, 0.1) is 17.9 Å². The number of aromatic carboxylic acids is 1. The van der Waals surface area contributed by atoms with E-state index in [0.29, 0.717) is 22.8 Å². The van der Waals surface area contributed by atoms with Crippen molar-refractivity contribution in [3.8, 4) is 5.69 Å². The molecule has 0 radical (unpaired) electrons. The van der Waals surface area contributed by atoms with E-state index in [1.165, 1.54) is 16.8 Å². The van der Waals surface area contributed by atoms with Crippen LogP contribution in [0.2, 0.25) is 0 Å². The van der Waals surface area contributed by atoms with Gasteiger partial charge in [-0.3, -0.25) is 4.99 Å². The van der Waals surface area contributed by atoms with Crippen LogP contribution < -0.4 is 0 Å². The molecular weight excluding hydrogens is 311 g/mol. The fraction of sp³-hybridized carbons (Fsp3) is 0.0588. The third-order valence-corrected chi connectivity index (χ3v) is 3.73. The molecule has 1 aliphatic heterocycles. The molecule has 0 spiro atoms. The van der Waals surface area contributed by atoms with E-state index in [1.807, 2.05) is 30.3 Å². The van der Waals surface area contributed by atoms with Crippen LogP contribution in [0.3, 0.4) is 0 Å². The first-order chi connectivity index (χ1) is 11.6. The van der Waals surface area contributed by atoms with E-state index < -0.39 is 11.8 Å². The minimum atomic E-state index is -1.22. The third kappa shape index (κ3) is 2.26. The van der Waals surface area contributed by atoms with Gasteiger partial charge in [-0.2, -0.15) is 0 Å². The van der Waals surface area contributed by atoms with Crippen LogP contribution in [-0.4, -0.2) is 31.6 Å². The van der Waals surface area contributed by atoms with Gasteiger partial charge in [0.1, 0.15) is 5.82 Å². The normalized spacial score (nSPS) is 12.8. The van der Waals surface area contributed by atoms with Crippen LogP contribution in [0.25, 0.3) is 5.69 Å². The molecule has 0 unspecified atom stereocenters. The lowest BCUT2D eigenvalue weighted by atomic mass is 10.0. The largest absolute Gasteiger partial charge is 0.475 e.